The van der Waals surface area contributed by atoms with E-state index in [0.29, 0.717) is 24.8 Å². The van der Waals surface area contributed by atoms with Crippen molar-refractivity contribution >= 4 is 16.5 Å². The molecule has 3 aliphatic carbocycles. The van der Waals surface area contributed by atoms with Crippen LogP contribution in [0.25, 0.3) is 16.5 Å². The van der Waals surface area contributed by atoms with Gasteiger partial charge in [0.05, 0.1) is 23.4 Å². The number of hydrogen-bond acceptors (Lipinski definition) is 7. The number of aliphatic hydroxyl groups excluding tert-OH is 3. The number of nitrogens with zero attached hydrogens (tertiary/aromatic N) is 3. The molecule has 2 spiro atoms. The van der Waals surface area contributed by atoms with E-state index in [0.717, 1.165) is 22.9 Å². The molecule has 3 fully saturated rings. The molecule has 3 N–H and O–H groups in total. The van der Waals surface area contributed by atoms with Crippen molar-refractivity contribution in [2.45, 2.75) is 80.3 Å². The highest BCUT2D eigenvalue weighted by Crippen LogP contribution is 2.70. The lowest BCUT2D eigenvalue weighted by Crippen LogP contribution is -2.78. The van der Waals surface area contributed by atoms with Gasteiger partial charge in [-0.3, -0.25) is 0 Å². The van der Waals surface area contributed by atoms with Gasteiger partial charge >= 0.3 is 0 Å². The van der Waals surface area contributed by atoms with Crippen LogP contribution < -0.4 is 0 Å². The number of aromatic nitrogens is 2. The summed E-state index contributed by atoms with van der Waals surface area (Å²) >= 11 is 0. The van der Waals surface area contributed by atoms with Gasteiger partial charge in [0.1, 0.15) is 17.8 Å². The van der Waals surface area contributed by atoms with E-state index in [1.54, 1.807) is 6.20 Å². The zero-order valence-electron chi connectivity index (χ0n) is 21.4. The monoisotopic (exact) mass is 507 g/mol. The molecule has 2 saturated heterocycles. The molecular formula is C29H34FN3O4. The Morgan fingerprint density at radius 2 is 1.92 bits per heavy atom. The van der Waals surface area contributed by atoms with Gasteiger partial charge in [-0.1, -0.05) is 31.2 Å². The molecule has 2 bridgehead atoms. The Balaban J connectivity index is 1.32. The van der Waals surface area contributed by atoms with E-state index in [9.17, 15) is 15.3 Å². The van der Waals surface area contributed by atoms with Crippen LogP contribution in [0.4, 0.5) is 4.39 Å². The average molecular weight is 508 g/mol. The molecule has 7 nitrogen and oxygen atoms in total. The highest BCUT2D eigenvalue weighted by molar-refractivity contribution is 5.84. The minimum atomic E-state index is -2.47. The van der Waals surface area contributed by atoms with Crippen molar-refractivity contribution in [3.63, 3.8) is 0 Å². The van der Waals surface area contributed by atoms with Crippen molar-refractivity contribution in [1.82, 2.24) is 15.1 Å². The van der Waals surface area contributed by atoms with Crippen LogP contribution >= 0.6 is 0 Å². The van der Waals surface area contributed by atoms with E-state index in [-0.39, 0.29) is 17.8 Å². The van der Waals surface area contributed by atoms with Gasteiger partial charge in [-0.2, -0.15) is 10.2 Å². The van der Waals surface area contributed by atoms with E-state index in [4.69, 9.17) is 4.74 Å². The molecule has 0 amide bonds. The predicted molar refractivity (Wildman–Crippen MR) is 136 cm³/mol. The van der Waals surface area contributed by atoms with E-state index in [1.165, 1.54) is 5.57 Å². The third-order valence-electron chi connectivity index (χ3n) is 10.6. The summed E-state index contributed by atoms with van der Waals surface area (Å²) in [6, 6.07) is 7.75. The molecule has 3 heterocycles. The molecule has 2 aliphatic heterocycles. The predicted octanol–water partition coefficient (Wildman–Crippen LogP) is 2.80. The maximum absolute atomic E-state index is 17.0. The van der Waals surface area contributed by atoms with Crippen molar-refractivity contribution in [2.75, 3.05) is 14.1 Å². The largest absolute Gasteiger partial charge is 0.389 e. The molecule has 5 aliphatic rings. The lowest BCUT2D eigenvalue weighted by atomic mass is 9.55. The molecule has 1 aromatic heterocycles. The summed E-state index contributed by atoms with van der Waals surface area (Å²) in [5.74, 6) is 0.0212. The van der Waals surface area contributed by atoms with Crippen molar-refractivity contribution in [3.05, 3.63) is 53.8 Å². The Morgan fingerprint density at radius 3 is 2.70 bits per heavy atom. The molecule has 7 rings (SSSR count). The van der Waals surface area contributed by atoms with Crippen LogP contribution in [0.5, 0.6) is 0 Å². The Kier molecular flexibility index (Phi) is 4.80. The number of benzene rings is 1. The third-order valence-corrected chi connectivity index (χ3v) is 10.6. The fourth-order valence-corrected chi connectivity index (χ4v) is 8.68. The second-order valence-electron chi connectivity index (χ2n) is 12.3. The van der Waals surface area contributed by atoms with Crippen LogP contribution in [0.2, 0.25) is 0 Å². The van der Waals surface area contributed by atoms with Crippen LogP contribution in [0.15, 0.2) is 48.2 Å². The Labute approximate surface area is 215 Å². The fraction of sp³-hybridized carbons (Fsp3) is 0.586. The maximum atomic E-state index is 17.0. The zero-order chi connectivity index (χ0) is 26.0. The molecule has 1 aromatic carbocycles. The number of rotatable bonds is 2. The van der Waals surface area contributed by atoms with Gasteiger partial charge in [-0.05, 0) is 75.0 Å². The summed E-state index contributed by atoms with van der Waals surface area (Å²) in [5, 5.41) is 42.9. The summed E-state index contributed by atoms with van der Waals surface area (Å²) in [6.07, 6.45) is 3.89. The van der Waals surface area contributed by atoms with Gasteiger partial charge < -0.3 is 25.0 Å². The number of allylic oxidation sites excluding steroid dienone is 3. The molecular weight excluding hydrogens is 473 g/mol. The quantitative estimate of drug-likeness (QED) is 0.538. The molecule has 9 atom stereocenters. The van der Waals surface area contributed by atoms with E-state index >= 15 is 4.39 Å². The molecule has 196 valence electrons. The van der Waals surface area contributed by atoms with Gasteiger partial charge in [0, 0.05) is 22.8 Å². The highest BCUT2D eigenvalue weighted by Gasteiger charge is 2.79. The topological polar surface area (TPSA) is 98.9 Å². The number of fused-ring (bicyclic) bond motifs is 2. The first-order valence-corrected chi connectivity index (χ1v) is 13.3. The minimum Gasteiger partial charge on any atom is -0.389 e. The van der Waals surface area contributed by atoms with Crippen LogP contribution in [-0.4, -0.2) is 85.7 Å². The minimum absolute atomic E-state index is 0.0212. The number of alkyl halides is 1. The SMILES string of the molecule is CN(C)[C@H]1C[C@@]23CC[C@@]4(O2)C(=CC[C@]2(C)C(c5ccc6ccnnc6c5)=CCC24)C(O)C3(F)[C@@H](O)[C@@H]1O. The normalized spacial score (nSPS) is 46.3. The van der Waals surface area contributed by atoms with Gasteiger partial charge in [0.25, 0.3) is 0 Å². The van der Waals surface area contributed by atoms with Crippen molar-refractivity contribution in [2.24, 2.45) is 11.3 Å². The first-order valence-electron chi connectivity index (χ1n) is 13.3. The Hall–Kier alpha value is -2.23. The number of ether oxygens (including phenoxy) is 1. The van der Waals surface area contributed by atoms with E-state index in [2.05, 4.69) is 41.4 Å². The van der Waals surface area contributed by atoms with Gasteiger partial charge in [0.2, 0.25) is 0 Å². The number of hydrogen-bond donors (Lipinski definition) is 3. The van der Waals surface area contributed by atoms with Crippen molar-refractivity contribution in [3.8, 4) is 0 Å². The molecule has 2 aromatic rings. The summed E-state index contributed by atoms with van der Waals surface area (Å²) in [5.41, 5.74) is -1.21. The van der Waals surface area contributed by atoms with Gasteiger partial charge in [-0.15, -0.1) is 0 Å². The lowest BCUT2D eigenvalue weighted by molar-refractivity contribution is -0.308. The van der Waals surface area contributed by atoms with Crippen molar-refractivity contribution in [1.29, 1.82) is 0 Å². The number of likely N-dealkylation sites (N-methyl/N-ethyl adjacent to an activating group) is 1. The molecule has 1 saturated carbocycles. The smallest absolute Gasteiger partial charge is 0.197 e. The summed E-state index contributed by atoms with van der Waals surface area (Å²) in [6.45, 7) is 2.25. The second kappa shape index (κ2) is 7.45. The second-order valence-corrected chi connectivity index (χ2v) is 12.3. The maximum Gasteiger partial charge on any atom is 0.197 e. The average Bonchev–Trinajstić information content (AvgIpc) is 3.42. The van der Waals surface area contributed by atoms with Crippen LogP contribution in [-0.2, 0) is 4.74 Å². The molecule has 8 heteroatoms. The summed E-state index contributed by atoms with van der Waals surface area (Å²) in [7, 11) is 3.63. The first-order chi connectivity index (χ1) is 17.6. The van der Waals surface area contributed by atoms with Gasteiger partial charge in [-0.25, -0.2) is 4.39 Å². The summed E-state index contributed by atoms with van der Waals surface area (Å²) in [4.78, 5) is 1.82. The fourth-order valence-electron chi connectivity index (χ4n) is 8.68. The summed E-state index contributed by atoms with van der Waals surface area (Å²) < 4.78 is 23.9. The zero-order valence-corrected chi connectivity index (χ0v) is 21.4. The molecule has 0 radical (unpaired) electrons. The Morgan fingerprint density at radius 1 is 1.11 bits per heavy atom. The molecule has 37 heavy (non-hydrogen) atoms. The standard InChI is InChI=1S/C29H34FN3O4/c1-26-10-8-19-24(35)29(30)25(36)23(34)21(33(2)3)15-27(29)11-12-28(19,37-27)22(26)7-6-18(26)17-5-4-16-9-13-31-32-20(16)14-17/h4-6,8-9,13-14,21-25,34-36H,7,10-12,15H2,1-3H3/t21-,22?,23+,24?,25-,26+,27+,28+,29?/m0/s1. The first kappa shape index (κ1) is 23.9. The van der Waals surface area contributed by atoms with Crippen LogP contribution in [0, 0.1) is 11.3 Å². The van der Waals surface area contributed by atoms with Crippen LogP contribution in [0.1, 0.15) is 44.6 Å². The third kappa shape index (κ3) is 2.73. The highest BCUT2D eigenvalue weighted by atomic mass is 19.1. The Bertz CT molecular complexity index is 1360. The van der Waals surface area contributed by atoms with Crippen molar-refractivity contribution < 1.29 is 24.4 Å². The van der Waals surface area contributed by atoms with Crippen LogP contribution in [0.3, 0.4) is 0 Å². The number of halogens is 1. The van der Waals surface area contributed by atoms with Gasteiger partial charge in [0.15, 0.2) is 5.67 Å². The van der Waals surface area contributed by atoms with E-state index in [1.807, 2.05) is 31.1 Å². The number of aliphatic hydroxyl groups is 3. The molecule has 3 unspecified atom stereocenters. The lowest BCUT2D eigenvalue weighted by Gasteiger charge is -2.62. The van der Waals surface area contributed by atoms with E-state index < -0.39 is 41.2 Å².